The maximum absolute atomic E-state index is 11.3. The summed E-state index contributed by atoms with van der Waals surface area (Å²) in [6.07, 6.45) is -0.977. The molecule has 0 saturated heterocycles. The number of ether oxygens (including phenoxy) is 1. The number of carbonyl (C=O) groups is 1. The van der Waals surface area contributed by atoms with Crippen LogP contribution in [-0.2, 0) is 9.53 Å². The number of fused-ring (bicyclic) bond motifs is 1. The van der Waals surface area contributed by atoms with Crippen LogP contribution in [0.1, 0.15) is 11.7 Å². The molecule has 0 fully saturated rings. The van der Waals surface area contributed by atoms with Crippen LogP contribution < -0.4 is 0 Å². The molecule has 18 heavy (non-hydrogen) atoms. The van der Waals surface area contributed by atoms with Gasteiger partial charge in [-0.2, -0.15) is 0 Å². The summed E-state index contributed by atoms with van der Waals surface area (Å²) in [5.74, 6) is -0.731. The largest absolute Gasteiger partial charge is 0.479 e. The van der Waals surface area contributed by atoms with Gasteiger partial charge in [0.2, 0.25) is 0 Å². The molecule has 0 bridgehead atoms. The first-order valence-electron chi connectivity index (χ1n) is 5.62. The minimum atomic E-state index is -1.00. The van der Waals surface area contributed by atoms with Crippen molar-refractivity contribution in [1.29, 1.82) is 0 Å². The van der Waals surface area contributed by atoms with E-state index < -0.39 is 12.1 Å². The molecule has 2 rings (SSSR count). The predicted molar refractivity (Wildman–Crippen MR) is 71.0 cm³/mol. The Morgan fingerprint density at radius 2 is 1.94 bits per heavy atom. The van der Waals surface area contributed by atoms with Crippen LogP contribution >= 0.6 is 11.6 Å². The van der Waals surface area contributed by atoms with E-state index in [1.807, 2.05) is 36.4 Å². The molecular weight excluding hydrogens is 252 g/mol. The topological polar surface area (TPSA) is 46.5 Å². The molecule has 1 atom stereocenters. The zero-order valence-electron chi connectivity index (χ0n) is 9.67. The van der Waals surface area contributed by atoms with Crippen LogP contribution in [0, 0.1) is 0 Å². The molecule has 0 aromatic heterocycles. The van der Waals surface area contributed by atoms with Gasteiger partial charge in [0.1, 0.15) is 0 Å². The molecule has 0 spiro atoms. The molecule has 1 unspecified atom stereocenters. The van der Waals surface area contributed by atoms with Crippen molar-refractivity contribution in [2.75, 3.05) is 12.5 Å². The van der Waals surface area contributed by atoms with Gasteiger partial charge in [0.25, 0.3) is 0 Å². The van der Waals surface area contributed by atoms with Gasteiger partial charge in [-0.1, -0.05) is 42.5 Å². The van der Waals surface area contributed by atoms with Gasteiger partial charge in [-0.05, 0) is 16.3 Å². The van der Waals surface area contributed by atoms with Crippen LogP contribution in [0.5, 0.6) is 0 Å². The monoisotopic (exact) mass is 264 g/mol. The number of carboxylic acid groups (broad SMARTS) is 1. The maximum Gasteiger partial charge on any atom is 0.337 e. The predicted octanol–water partition coefficient (Wildman–Crippen LogP) is 3.22. The Hall–Kier alpha value is -1.58. The Balaban J connectivity index is 2.46. The van der Waals surface area contributed by atoms with Gasteiger partial charge in [0, 0.05) is 5.88 Å². The summed E-state index contributed by atoms with van der Waals surface area (Å²) in [7, 11) is 0. The Bertz CT molecular complexity index is 548. The number of hydrogen-bond acceptors (Lipinski definition) is 2. The standard InChI is InChI=1S/C14H13ClO3/c15-8-9-18-13(14(16)17)12-7-3-5-10-4-1-2-6-11(10)12/h1-7,13H,8-9H2,(H,16,17). The van der Waals surface area contributed by atoms with Crippen LogP contribution in [-0.4, -0.2) is 23.6 Å². The Kier molecular flexibility index (Phi) is 4.18. The van der Waals surface area contributed by atoms with Crippen molar-refractivity contribution in [3.8, 4) is 0 Å². The highest BCUT2D eigenvalue weighted by atomic mass is 35.5. The average molecular weight is 265 g/mol. The summed E-state index contributed by atoms with van der Waals surface area (Å²) in [4.78, 5) is 11.3. The van der Waals surface area contributed by atoms with Gasteiger partial charge in [-0.25, -0.2) is 4.79 Å². The lowest BCUT2D eigenvalue weighted by atomic mass is 10.0. The highest BCUT2D eigenvalue weighted by Crippen LogP contribution is 2.26. The third-order valence-electron chi connectivity index (χ3n) is 2.69. The molecule has 0 aliphatic rings. The van der Waals surface area contributed by atoms with Gasteiger partial charge >= 0.3 is 5.97 Å². The van der Waals surface area contributed by atoms with E-state index >= 15 is 0 Å². The first kappa shape index (κ1) is 12.9. The zero-order chi connectivity index (χ0) is 13.0. The fraction of sp³-hybridized carbons (Fsp3) is 0.214. The van der Waals surface area contributed by atoms with Gasteiger partial charge in [-0.3, -0.25) is 0 Å². The van der Waals surface area contributed by atoms with E-state index in [1.54, 1.807) is 6.07 Å². The summed E-state index contributed by atoms with van der Waals surface area (Å²) in [5.41, 5.74) is 0.658. The number of alkyl halides is 1. The second-order valence-corrected chi connectivity index (χ2v) is 4.22. The lowest BCUT2D eigenvalue weighted by Crippen LogP contribution is -2.16. The Labute approximate surface area is 110 Å². The summed E-state index contributed by atoms with van der Waals surface area (Å²) in [6, 6.07) is 13.2. The number of aliphatic carboxylic acids is 1. The van der Waals surface area contributed by atoms with Gasteiger partial charge in [-0.15, -0.1) is 11.6 Å². The number of carboxylic acids is 1. The summed E-state index contributed by atoms with van der Waals surface area (Å²) in [5, 5.41) is 11.1. The molecular formula is C14H13ClO3. The van der Waals surface area contributed by atoms with Crippen molar-refractivity contribution in [3.05, 3.63) is 48.0 Å². The van der Waals surface area contributed by atoms with Crippen LogP contribution in [0.3, 0.4) is 0 Å². The van der Waals surface area contributed by atoms with E-state index in [9.17, 15) is 9.90 Å². The molecule has 0 aliphatic carbocycles. The highest BCUT2D eigenvalue weighted by Gasteiger charge is 2.22. The fourth-order valence-corrected chi connectivity index (χ4v) is 2.02. The molecule has 0 radical (unpaired) electrons. The van der Waals surface area contributed by atoms with E-state index in [-0.39, 0.29) is 12.5 Å². The fourth-order valence-electron chi connectivity index (χ4n) is 1.94. The van der Waals surface area contributed by atoms with Crippen molar-refractivity contribution in [1.82, 2.24) is 0 Å². The van der Waals surface area contributed by atoms with Crippen LogP contribution in [0.4, 0.5) is 0 Å². The number of benzene rings is 2. The molecule has 0 aliphatic heterocycles. The number of rotatable bonds is 5. The first-order valence-corrected chi connectivity index (χ1v) is 6.15. The number of hydrogen-bond donors (Lipinski definition) is 1. The molecule has 2 aromatic rings. The molecule has 94 valence electrons. The van der Waals surface area contributed by atoms with Crippen molar-refractivity contribution in [3.63, 3.8) is 0 Å². The normalized spacial score (nSPS) is 12.5. The minimum absolute atomic E-state index is 0.210. The lowest BCUT2D eigenvalue weighted by Gasteiger charge is -2.15. The zero-order valence-corrected chi connectivity index (χ0v) is 10.4. The molecule has 2 aromatic carbocycles. The Morgan fingerprint density at radius 1 is 1.22 bits per heavy atom. The average Bonchev–Trinajstić information content (AvgIpc) is 2.39. The minimum Gasteiger partial charge on any atom is -0.479 e. The molecule has 0 heterocycles. The SMILES string of the molecule is O=C(O)C(OCCCl)c1cccc2ccccc12. The van der Waals surface area contributed by atoms with Gasteiger partial charge in [0.15, 0.2) is 6.10 Å². The quantitative estimate of drug-likeness (QED) is 0.844. The third kappa shape index (κ3) is 2.63. The third-order valence-corrected chi connectivity index (χ3v) is 2.85. The maximum atomic E-state index is 11.3. The van der Waals surface area contributed by atoms with E-state index in [0.29, 0.717) is 5.56 Å². The van der Waals surface area contributed by atoms with Gasteiger partial charge in [0.05, 0.1) is 6.61 Å². The molecule has 1 N–H and O–H groups in total. The van der Waals surface area contributed by atoms with E-state index in [2.05, 4.69) is 0 Å². The van der Waals surface area contributed by atoms with E-state index in [4.69, 9.17) is 16.3 Å². The highest BCUT2D eigenvalue weighted by molar-refractivity contribution is 6.18. The first-order chi connectivity index (χ1) is 8.74. The van der Waals surface area contributed by atoms with Crippen molar-refractivity contribution >= 4 is 28.3 Å². The van der Waals surface area contributed by atoms with Crippen molar-refractivity contribution in [2.24, 2.45) is 0 Å². The van der Waals surface area contributed by atoms with Crippen LogP contribution in [0.25, 0.3) is 10.8 Å². The van der Waals surface area contributed by atoms with E-state index in [1.165, 1.54) is 0 Å². The lowest BCUT2D eigenvalue weighted by molar-refractivity contribution is -0.150. The van der Waals surface area contributed by atoms with Crippen LogP contribution in [0.2, 0.25) is 0 Å². The van der Waals surface area contributed by atoms with Crippen molar-refractivity contribution < 1.29 is 14.6 Å². The number of halogens is 1. The van der Waals surface area contributed by atoms with Crippen LogP contribution in [0.15, 0.2) is 42.5 Å². The van der Waals surface area contributed by atoms with E-state index in [0.717, 1.165) is 10.8 Å². The molecule has 3 nitrogen and oxygen atoms in total. The second-order valence-electron chi connectivity index (χ2n) is 3.85. The second kappa shape index (κ2) is 5.85. The van der Waals surface area contributed by atoms with Crippen molar-refractivity contribution in [2.45, 2.75) is 6.10 Å². The Morgan fingerprint density at radius 3 is 2.67 bits per heavy atom. The summed E-state index contributed by atoms with van der Waals surface area (Å²) < 4.78 is 5.32. The molecule has 4 heteroatoms. The summed E-state index contributed by atoms with van der Waals surface area (Å²) >= 11 is 5.54. The smallest absolute Gasteiger partial charge is 0.337 e. The molecule has 0 amide bonds. The summed E-state index contributed by atoms with van der Waals surface area (Å²) in [6.45, 7) is 0.210. The van der Waals surface area contributed by atoms with Gasteiger partial charge < -0.3 is 9.84 Å². The molecule has 0 saturated carbocycles.